The molecule has 0 spiro atoms. The first-order valence-corrected chi connectivity index (χ1v) is 5.50. The smallest absolute Gasteiger partial charge is 0.413 e. The first kappa shape index (κ1) is 10.7. The summed E-state index contributed by atoms with van der Waals surface area (Å²) in [5.41, 5.74) is 2.31. The highest BCUT2D eigenvalue weighted by Crippen LogP contribution is 2.19. The van der Waals surface area contributed by atoms with E-state index in [0.29, 0.717) is 13.2 Å². The molecule has 0 saturated carbocycles. The first-order valence-electron chi connectivity index (χ1n) is 5.50. The molecular formula is C13H15NO2. The molecule has 0 unspecified atom stereocenters. The van der Waals surface area contributed by atoms with E-state index in [1.807, 2.05) is 24.4 Å². The van der Waals surface area contributed by atoms with E-state index in [9.17, 15) is 4.79 Å². The summed E-state index contributed by atoms with van der Waals surface area (Å²) in [6.07, 6.45) is 2.54. The summed E-state index contributed by atoms with van der Waals surface area (Å²) < 4.78 is 4.89. The molecule has 0 atom stereocenters. The number of rotatable bonds is 3. The predicted octanol–water partition coefficient (Wildman–Crippen LogP) is 2.89. The lowest BCUT2D eigenvalue weighted by molar-refractivity contribution is 0.166. The Bertz CT molecular complexity index is 398. The summed E-state index contributed by atoms with van der Waals surface area (Å²) in [6.45, 7) is 3.22. The van der Waals surface area contributed by atoms with Crippen molar-refractivity contribution in [3.63, 3.8) is 0 Å². The van der Waals surface area contributed by atoms with Gasteiger partial charge in [0.15, 0.2) is 0 Å². The maximum Gasteiger partial charge on any atom is 0.413 e. The van der Waals surface area contributed by atoms with Crippen molar-refractivity contribution in [1.29, 1.82) is 0 Å². The summed E-state index contributed by atoms with van der Waals surface area (Å²) in [5, 5.41) is 0. The zero-order valence-electron chi connectivity index (χ0n) is 9.35. The summed E-state index contributed by atoms with van der Waals surface area (Å²) >= 11 is 0. The van der Waals surface area contributed by atoms with Crippen LogP contribution in [0.1, 0.15) is 18.9 Å². The molecule has 1 fully saturated rings. The lowest BCUT2D eigenvalue weighted by atomic mass is 10.0. The van der Waals surface area contributed by atoms with Gasteiger partial charge in [-0.3, -0.25) is 4.90 Å². The number of hydrogen-bond donors (Lipinski definition) is 0. The Morgan fingerprint density at radius 3 is 2.75 bits per heavy atom. The van der Waals surface area contributed by atoms with Crippen molar-refractivity contribution >= 4 is 11.7 Å². The molecule has 1 aliphatic heterocycles. The van der Waals surface area contributed by atoms with E-state index >= 15 is 0 Å². The van der Waals surface area contributed by atoms with Gasteiger partial charge in [-0.15, -0.1) is 0 Å². The number of carbonyl (C=O) groups is 1. The number of benzene rings is 1. The van der Waals surface area contributed by atoms with Crippen LogP contribution < -0.4 is 0 Å². The average Bonchev–Trinajstić information content (AvgIpc) is 2.73. The number of hydrogen-bond acceptors (Lipinski definition) is 2. The van der Waals surface area contributed by atoms with Crippen molar-refractivity contribution in [2.24, 2.45) is 0 Å². The Kier molecular flexibility index (Phi) is 3.25. The van der Waals surface area contributed by atoms with Gasteiger partial charge in [0.1, 0.15) is 6.61 Å². The highest BCUT2D eigenvalue weighted by Gasteiger charge is 2.20. The Balaban J connectivity index is 2.22. The largest absolute Gasteiger partial charge is 0.447 e. The molecule has 2 rings (SSSR count). The molecular weight excluding hydrogens is 202 g/mol. The molecule has 84 valence electrons. The van der Waals surface area contributed by atoms with Crippen molar-refractivity contribution in [2.45, 2.75) is 13.3 Å². The van der Waals surface area contributed by atoms with Crippen molar-refractivity contribution in [1.82, 2.24) is 4.90 Å². The Hall–Kier alpha value is -1.77. The van der Waals surface area contributed by atoms with E-state index in [4.69, 9.17) is 4.74 Å². The van der Waals surface area contributed by atoms with E-state index < -0.39 is 0 Å². The second-order valence-electron chi connectivity index (χ2n) is 3.68. The standard InChI is InChI=1S/C13H15NO2/c1-2-11(12-6-4-3-5-7-12)10-14-8-9-16-13(14)15/h3-7,10H,2,8-9H2,1H3. The highest BCUT2D eigenvalue weighted by molar-refractivity contribution is 5.74. The molecule has 1 aromatic carbocycles. The fourth-order valence-corrected chi connectivity index (χ4v) is 1.73. The van der Waals surface area contributed by atoms with Crippen molar-refractivity contribution < 1.29 is 9.53 Å². The van der Waals surface area contributed by atoms with Crippen LogP contribution in [-0.4, -0.2) is 24.1 Å². The van der Waals surface area contributed by atoms with Crippen molar-refractivity contribution in [2.75, 3.05) is 13.2 Å². The van der Waals surface area contributed by atoms with Gasteiger partial charge in [0.05, 0.1) is 6.54 Å². The first-order chi connectivity index (χ1) is 7.81. The van der Waals surface area contributed by atoms with Crippen LogP contribution in [0.25, 0.3) is 5.57 Å². The lowest BCUT2D eigenvalue weighted by Crippen LogP contribution is -2.17. The summed E-state index contributed by atoms with van der Waals surface area (Å²) in [7, 11) is 0. The van der Waals surface area contributed by atoms with Gasteiger partial charge >= 0.3 is 6.09 Å². The van der Waals surface area contributed by atoms with E-state index in [1.165, 1.54) is 0 Å². The van der Waals surface area contributed by atoms with Gasteiger partial charge in [-0.05, 0) is 17.6 Å². The zero-order chi connectivity index (χ0) is 11.4. The van der Waals surface area contributed by atoms with Crippen LogP contribution >= 0.6 is 0 Å². The van der Waals surface area contributed by atoms with Crippen LogP contribution in [-0.2, 0) is 4.74 Å². The van der Waals surface area contributed by atoms with Gasteiger partial charge in [-0.25, -0.2) is 4.79 Å². The minimum atomic E-state index is -0.248. The van der Waals surface area contributed by atoms with Gasteiger partial charge in [-0.2, -0.15) is 0 Å². The van der Waals surface area contributed by atoms with E-state index in [0.717, 1.165) is 17.6 Å². The Morgan fingerprint density at radius 1 is 1.44 bits per heavy atom. The van der Waals surface area contributed by atoms with Crippen LogP contribution in [0.5, 0.6) is 0 Å². The molecule has 3 nitrogen and oxygen atoms in total. The van der Waals surface area contributed by atoms with Gasteiger partial charge in [0, 0.05) is 6.20 Å². The molecule has 1 aromatic rings. The third-order valence-electron chi connectivity index (χ3n) is 2.63. The van der Waals surface area contributed by atoms with Crippen LogP contribution in [0, 0.1) is 0 Å². The summed E-state index contributed by atoms with van der Waals surface area (Å²) in [6, 6.07) is 10.1. The molecule has 3 heteroatoms. The molecule has 1 amide bonds. The van der Waals surface area contributed by atoms with Crippen LogP contribution in [0.4, 0.5) is 4.79 Å². The Labute approximate surface area is 95.3 Å². The van der Waals surface area contributed by atoms with Gasteiger partial charge in [0.2, 0.25) is 0 Å². The molecule has 1 saturated heterocycles. The number of nitrogens with zero attached hydrogens (tertiary/aromatic N) is 1. The van der Waals surface area contributed by atoms with E-state index in [2.05, 4.69) is 19.1 Å². The van der Waals surface area contributed by atoms with E-state index in [1.54, 1.807) is 4.90 Å². The third-order valence-corrected chi connectivity index (χ3v) is 2.63. The molecule has 16 heavy (non-hydrogen) atoms. The molecule has 0 bridgehead atoms. The molecule has 0 N–H and O–H groups in total. The van der Waals surface area contributed by atoms with Gasteiger partial charge < -0.3 is 4.74 Å². The van der Waals surface area contributed by atoms with E-state index in [-0.39, 0.29) is 6.09 Å². The maximum atomic E-state index is 11.3. The minimum Gasteiger partial charge on any atom is -0.447 e. The topological polar surface area (TPSA) is 29.5 Å². The predicted molar refractivity (Wildman–Crippen MR) is 62.8 cm³/mol. The van der Waals surface area contributed by atoms with Crippen LogP contribution in [0.2, 0.25) is 0 Å². The monoisotopic (exact) mass is 217 g/mol. The average molecular weight is 217 g/mol. The fraction of sp³-hybridized carbons (Fsp3) is 0.308. The highest BCUT2D eigenvalue weighted by atomic mass is 16.6. The quantitative estimate of drug-likeness (QED) is 0.779. The van der Waals surface area contributed by atoms with Crippen molar-refractivity contribution in [3.05, 3.63) is 42.1 Å². The fourth-order valence-electron chi connectivity index (χ4n) is 1.73. The molecule has 0 aromatic heterocycles. The normalized spacial score (nSPS) is 16.4. The van der Waals surface area contributed by atoms with Crippen molar-refractivity contribution in [3.8, 4) is 0 Å². The number of carbonyl (C=O) groups excluding carboxylic acids is 1. The Morgan fingerprint density at radius 2 is 2.19 bits per heavy atom. The zero-order valence-corrected chi connectivity index (χ0v) is 9.35. The SMILES string of the molecule is CCC(=CN1CCOC1=O)c1ccccc1. The number of amides is 1. The lowest BCUT2D eigenvalue weighted by Gasteiger charge is -2.10. The maximum absolute atomic E-state index is 11.3. The molecule has 1 heterocycles. The van der Waals surface area contributed by atoms with Gasteiger partial charge in [-0.1, -0.05) is 37.3 Å². The second kappa shape index (κ2) is 4.84. The third kappa shape index (κ3) is 2.24. The minimum absolute atomic E-state index is 0.248. The summed E-state index contributed by atoms with van der Waals surface area (Å²) in [5.74, 6) is 0. The number of cyclic esters (lactones) is 1. The van der Waals surface area contributed by atoms with Gasteiger partial charge in [0.25, 0.3) is 0 Å². The molecule has 0 radical (unpaired) electrons. The van der Waals surface area contributed by atoms with Crippen LogP contribution in [0.3, 0.4) is 0 Å². The number of allylic oxidation sites excluding steroid dienone is 1. The second-order valence-corrected chi connectivity index (χ2v) is 3.68. The summed E-state index contributed by atoms with van der Waals surface area (Å²) in [4.78, 5) is 12.9. The number of ether oxygens (including phenoxy) is 1. The molecule has 0 aliphatic carbocycles. The molecule has 1 aliphatic rings. The van der Waals surface area contributed by atoms with Crippen LogP contribution in [0.15, 0.2) is 36.5 Å².